The lowest BCUT2D eigenvalue weighted by Gasteiger charge is -2.33. The van der Waals surface area contributed by atoms with Crippen LogP contribution in [0.25, 0.3) is 10.9 Å². The Labute approximate surface area is 134 Å². The minimum atomic E-state index is 0.0480. The second kappa shape index (κ2) is 5.57. The summed E-state index contributed by atoms with van der Waals surface area (Å²) in [5.74, 6) is 1.57. The van der Waals surface area contributed by atoms with Gasteiger partial charge in [-0.2, -0.15) is 0 Å². The molecule has 3 aromatic rings. The molecule has 23 heavy (non-hydrogen) atoms. The van der Waals surface area contributed by atoms with Crippen LogP contribution in [0.5, 0.6) is 0 Å². The van der Waals surface area contributed by atoms with Gasteiger partial charge in [0.25, 0.3) is 5.56 Å². The Kier molecular flexibility index (Phi) is 3.41. The number of aromatic amines is 1. The van der Waals surface area contributed by atoms with Crippen molar-refractivity contribution < 1.29 is 0 Å². The van der Waals surface area contributed by atoms with Crippen molar-refractivity contribution in [2.24, 2.45) is 7.05 Å². The molecule has 118 valence electrons. The molecular weight excluding hydrogens is 288 g/mol. The number of hydrogen-bond acceptors (Lipinski definition) is 3. The van der Waals surface area contributed by atoms with E-state index >= 15 is 0 Å². The van der Waals surface area contributed by atoms with Crippen LogP contribution in [0, 0.1) is 0 Å². The lowest BCUT2D eigenvalue weighted by molar-refractivity contribution is 0.489. The zero-order chi connectivity index (χ0) is 15.8. The number of para-hydroxylation sites is 1. The fourth-order valence-corrected chi connectivity index (χ4v) is 3.55. The average molecular weight is 308 g/mol. The van der Waals surface area contributed by atoms with E-state index in [9.17, 15) is 4.79 Å². The highest BCUT2D eigenvalue weighted by Crippen LogP contribution is 2.31. The lowest BCUT2D eigenvalue weighted by atomic mass is 9.95. The molecule has 0 aliphatic carbocycles. The first-order chi connectivity index (χ1) is 11.2. The molecule has 4 rings (SSSR count). The minimum absolute atomic E-state index is 0.0480. The number of anilines is 1. The Bertz CT molecular complexity index is 874. The number of aryl methyl sites for hydroxylation is 1. The van der Waals surface area contributed by atoms with Gasteiger partial charge in [-0.05, 0) is 18.9 Å². The maximum Gasteiger partial charge on any atom is 0.252 e. The molecule has 0 bridgehead atoms. The van der Waals surface area contributed by atoms with E-state index in [2.05, 4.69) is 20.9 Å². The zero-order valence-electron chi connectivity index (χ0n) is 13.2. The number of piperidine rings is 1. The minimum Gasteiger partial charge on any atom is -0.371 e. The van der Waals surface area contributed by atoms with Crippen LogP contribution in [0.2, 0.25) is 0 Å². The smallest absolute Gasteiger partial charge is 0.252 e. The number of imidazole rings is 1. The van der Waals surface area contributed by atoms with E-state index < -0.39 is 0 Å². The van der Waals surface area contributed by atoms with Gasteiger partial charge in [-0.25, -0.2) is 4.98 Å². The molecule has 1 aliphatic heterocycles. The largest absolute Gasteiger partial charge is 0.371 e. The second-order valence-corrected chi connectivity index (χ2v) is 6.18. The first-order valence-electron chi connectivity index (χ1n) is 8.07. The molecular formula is C18H20N4O. The quantitative estimate of drug-likeness (QED) is 0.792. The van der Waals surface area contributed by atoms with E-state index in [1.165, 1.54) is 0 Å². The molecule has 0 saturated carbocycles. The average Bonchev–Trinajstić information content (AvgIpc) is 3.13. The highest BCUT2D eigenvalue weighted by molar-refractivity contribution is 5.91. The van der Waals surface area contributed by atoms with E-state index in [1.807, 2.05) is 37.6 Å². The Hall–Kier alpha value is -2.56. The van der Waals surface area contributed by atoms with Gasteiger partial charge in [0.05, 0.1) is 11.2 Å². The Morgan fingerprint density at radius 1 is 1.22 bits per heavy atom. The number of hydrogen-bond donors (Lipinski definition) is 1. The molecule has 1 aliphatic rings. The van der Waals surface area contributed by atoms with E-state index in [0.29, 0.717) is 5.92 Å². The summed E-state index contributed by atoms with van der Waals surface area (Å²) in [6.45, 7) is 1.89. The van der Waals surface area contributed by atoms with Crippen LogP contribution in [-0.2, 0) is 7.05 Å². The Balaban J connectivity index is 1.66. The number of benzene rings is 1. The van der Waals surface area contributed by atoms with Crippen LogP contribution in [0.1, 0.15) is 24.6 Å². The first kappa shape index (κ1) is 14.1. The fourth-order valence-electron chi connectivity index (χ4n) is 3.55. The van der Waals surface area contributed by atoms with Crippen molar-refractivity contribution in [1.82, 2.24) is 14.5 Å². The molecule has 3 heterocycles. The van der Waals surface area contributed by atoms with Crippen LogP contribution < -0.4 is 10.5 Å². The SMILES string of the molecule is Cn1c(=O)cc(N2CCC(c3ncc[nH]3)CC2)c2ccccc21. The number of pyridine rings is 1. The van der Waals surface area contributed by atoms with Crippen molar-refractivity contribution in [1.29, 1.82) is 0 Å². The fraction of sp³-hybridized carbons (Fsp3) is 0.333. The van der Waals surface area contributed by atoms with Gasteiger partial charge in [-0.15, -0.1) is 0 Å². The maximum absolute atomic E-state index is 12.3. The summed E-state index contributed by atoms with van der Waals surface area (Å²) in [5.41, 5.74) is 2.09. The monoisotopic (exact) mass is 308 g/mol. The summed E-state index contributed by atoms with van der Waals surface area (Å²) in [6.07, 6.45) is 5.81. The summed E-state index contributed by atoms with van der Waals surface area (Å²) in [5, 5.41) is 1.14. The summed E-state index contributed by atoms with van der Waals surface area (Å²) in [6, 6.07) is 9.90. The molecule has 2 aromatic heterocycles. The van der Waals surface area contributed by atoms with E-state index in [4.69, 9.17) is 0 Å². The molecule has 0 atom stereocenters. The van der Waals surface area contributed by atoms with Gasteiger partial charge in [0.1, 0.15) is 5.82 Å². The molecule has 1 N–H and O–H groups in total. The van der Waals surface area contributed by atoms with Gasteiger partial charge >= 0.3 is 0 Å². The summed E-state index contributed by atoms with van der Waals surface area (Å²) < 4.78 is 1.72. The highest BCUT2D eigenvalue weighted by atomic mass is 16.1. The van der Waals surface area contributed by atoms with Crippen LogP contribution >= 0.6 is 0 Å². The van der Waals surface area contributed by atoms with Crippen LogP contribution in [-0.4, -0.2) is 27.6 Å². The summed E-state index contributed by atoms with van der Waals surface area (Å²) in [7, 11) is 1.83. The maximum atomic E-state index is 12.3. The highest BCUT2D eigenvalue weighted by Gasteiger charge is 2.23. The molecule has 1 fully saturated rings. The number of H-pyrrole nitrogens is 1. The van der Waals surface area contributed by atoms with Gasteiger partial charge in [0, 0.05) is 49.9 Å². The van der Waals surface area contributed by atoms with Crippen molar-refractivity contribution in [2.75, 3.05) is 18.0 Å². The van der Waals surface area contributed by atoms with Crippen molar-refractivity contribution >= 4 is 16.6 Å². The topological polar surface area (TPSA) is 53.9 Å². The standard InChI is InChI=1S/C18H20N4O/c1-21-15-5-3-2-4-14(15)16(12-17(21)23)22-10-6-13(7-11-22)18-19-8-9-20-18/h2-5,8-9,12-13H,6-7,10-11H2,1H3,(H,19,20). The molecule has 5 nitrogen and oxygen atoms in total. The molecule has 5 heteroatoms. The molecule has 0 unspecified atom stereocenters. The number of rotatable bonds is 2. The van der Waals surface area contributed by atoms with Crippen LogP contribution in [0.3, 0.4) is 0 Å². The third-order valence-electron chi connectivity index (χ3n) is 4.87. The van der Waals surface area contributed by atoms with Crippen LogP contribution in [0.4, 0.5) is 5.69 Å². The Morgan fingerprint density at radius 2 is 2.00 bits per heavy atom. The van der Waals surface area contributed by atoms with E-state index in [1.54, 1.807) is 10.6 Å². The summed E-state index contributed by atoms with van der Waals surface area (Å²) in [4.78, 5) is 22.2. The van der Waals surface area contributed by atoms with Crippen molar-refractivity contribution in [2.45, 2.75) is 18.8 Å². The van der Waals surface area contributed by atoms with Crippen molar-refractivity contribution in [3.63, 3.8) is 0 Å². The third-order valence-corrected chi connectivity index (χ3v) is 4.87. The lowest BCUT2D eigenvalue weighted by Crippen LogP contribution is -2.34. The van der Waals surface area contributed by atoms with Gasteiger partial charge in [-0.1, -0.05) is 18.2 Å². The van der Waals surface area contributed by atoms with Gasteiger partial charge < -0.3 is 14.5 Å². The predicted octanol–water partition coefficient (Wildman–Crippen LogP) is 2.65. The number of aromatic nitrogens is 3. The van der Waals surface area contributed by atoms with Crippen molar-refractivity contribution in [3.05, 3.63) is 58.9 Å². The Morgan fingerprint density at radius 3 is 2.74 bits per heavy atom. The normalized spacial score (nSPS) is 16.1. The molecule has 0 radical (unpaired) electrons. The molecule has 1 saturated heterocycles. The molecule has 0 amide bonds. The molecule has 1 aromatic carbocycles. The number of fused-ring (bicyclic) bond motifs is 1. The number of nitrogens with one attached hydrogen (secondary N) is 1. The van der Waals surface area contributed by atoms with Gasteiger partial charge in [0.2, 0.25) is 0 Å². The van der Waals surface area contributed by atoms with E-state index in [-0.39, 0.29) is 5.56 Å². The third kappa shape index (κ3) is 2.42. The van der Waals surface area contributed by atoms with Crippen molar-refractivity contribution in [3.8, 4) is 0 Å². The number of nitrogens with zero attached hydrogens (tertiary/aromatic N) is 3. The van der Waals surface area contributed by atoms with E-state index in [0.717, 1.165) is 48.3 Å². The molecule has 0 spiro atoms. The van der Waals surface area contributed by atoms with Crippen LogP contribution in [0.15, 0.2) is 47.5 Å². The second-order valence-electron chi connectivity index (χ2n) is 6.18. The summed E-state index contributed by atoms with van der Waals surface area (Å²) >= 11 is 0. The predicted molar refractivity (Wildman–Crippen MR) is 92.0 cm³/mol. The van der Waals surface area contributed by atoms with Gasteiger partial charge in [-0.3, -0.25) is 4.79 Å². The van der Waals surface area contributed by atoms with Gasteiger partial charge in [0.15, 0.2) is 0 Å². The first-order valence-corrected chi connectivity index (χ1v) is 8.07. The zero-order valence-corrected chi connectivity index (χ0v) is 13.2.